The molecule has 5 nitrogen and oxygen atoms in total. The summed E-state index contributed by atoms with van der Waals surface area (Å²) in [4.78, 5) is 23.5. The summed E-state index contributed by atoms with van der Waals surface area (Å²) in [5.74, 6) is 0.281. The predicted octanol–water partition coefficient (Wildman–Crippen LogP) is 3.45. The van der Waals surface area contributed by atoms with E-state index in [-0.39, 0.29) is 5.91 Å². The highest BCUT2D eigenvalue weighted by Gasteiger charge is 2.07. The lowest BCUT2D eigenvalue weighted by Crippen LogP contribution is -2.17. The fourth-order valence-corrected chi connectivity index (χ4v) is 2.06. The molecule has 0 aliphatic carbocycles. The second-order valence-electron chi connectivity index (χ2n) is 5.25. The van der Waals surface area contributed by atoms with Gasteiger partial charge in [-0.25, -0.2) is 4.79 Å². The van der Waals surface area contributed by atoms with Gasteiger partial charge < -0.3 is 14.8 Å². The molecule has 0 spiro atoms. The summed E-state index contributed by atoms with van der Waals surface area (Å²) in [6.07, 6.45) is 3.84. The van der Waals surface area contributed by atoms with E-state index in [1.807, 2.05) is 13.0 Å². The van der Waals surface area contributed by atoms with Gasteiger partial charge in [0.05, 0.1) is 6.61 Å². The van der Waals surface area contributed by atoms with Gasteiger partial charge in [-0.2, -0.15) is 0 Å². The number of nitrogens with one attached hydrogen (secondary N) is 1. The Bertz CT molecular complexity index is 751. The molecular formula is C20H21NO4. The minimum atomic E-state index is -0.497. The van der Waals surface area contributed by atoms with Crippen LogP contribution in [0.2, 0.25) is 0 Å². The first-order valence-corrected chi connectivity index (χ1v) is 8.08. The van der Waals surface area contributed by atoms with E-state index in [1.165, 1.54) is 6.08 Å². The monoisotopic (exact) mass is 339 g/mol. The van der Waals surface area contributed by atoms with Gasteiger partial charge >= 0.3 is 5.97 Å². The predicted molar refractivity (Wildman–Crippen MR) is 96.7 cm³/mol. The molecular weight excluding hydrogens is 318 g/mol. The fourth-order valence-electron chi connectivity index (χ4n) is 2.06. The molecule has 0 saturated carbocycles. The van der Waals surface area contributed by atoms with Crippen molar-refractivity contribution in [3.05, 3.63) is 65.7 Å². The molecule has 0 fully saturated rings. The second-order valence-corrected chi connectivity index (χ2v) is 5.25. The Morgan fingerprint density at radius 1 is 1.04 bits per heavy atom. The van der Waals surface area contributed by atoms with Crippen LogP contribution in [0.15, 0.2) is 54.6 Å². The zero-order chi connectivity index (χ0) is 18.1. The van der Waals surface area contributed by atoms with Gasteiger partial charge in [-0.05, 0) is 42.3 Å². The molecule has 2 rings (SSSR count). The Morgan fingerprint density at radius 2 is 1.72 bits per heavy atom. The largest absolute Gasteiger partial charge is 0.490 e. The second kappa shape index (κ2) is 9.27. The summed E-state index contributed by atoms with van der Waals surface area (Å²) in [6, 6.07) is 14.0. The summed E-state index contributed by atoms with van der Waals surface area (Å²) in [6.45, 7) is 2.56. The maximum atomic E-state index is 12.0. The third-order valence-electron chi connectivity index (χ3n) is 3.33. The normalized spacial score (nSPS) is 10.5. The summed E-state index contributed by atoms with van der Waals surface area (Å²) < 4.78 is 10.9. The standard InChI is InChI=1S/C20H21NO4/c1-3-14-24-17-6-4-5-7-18(17)25-19(22)13-10-15-8-11-16(12-9-15)20(23)21-2/h4-13H,3,14H2,1-2H3,(H,21,23)/b13-10+. The van der Waals surface area contributed by atoms with Crippen LogP contribution in [0, 0.1) is 0 Å². The van der Waals surface area contributed by atoms with E-state index >= 15 is 0 Å². The van der Waals surface area contributed by atoms with Gasteiger partial charge in [0.25, 0.3) is 5.91 Å². The van der Waals surface area contributed by atoms with E-state index in [4.69, 9.17) is 9.47 Å². The average Bonchev–Trinajstić information content (AvgIpc) is 2.65. The maximum Gasteiger partial charge on any atom is 0.336 e. The van der Waals surface area contributed by atoms with Crippen molar-refractivity contribution < 1.29 is 19.1 Å². The van der Waals surface area contributed by atoms with Crippen LogP contribution in [-0.4, -0.2) is 25.5 Å². The van der Waals surface area contributed by atoms with Crippen LogP contribution in [-0.2, 0) is 4.79 Å². The van der Waals surface area contributed by atoms with Gasteiger partial charge in [0.1, 0.15) is 0 Å². The van der Waals surface area contributed by atoms with Crippen molar-refractivity contribution in [1.82, 2.24) is 5.32 Å². The number of carbonyl (C=O) groups is 2. The van der Waals surface area contributed by atoms with Crippen LogP contribution in [0.4, 0.5) is 0 Å². The van der Waals surface area contributed by atoms with Crippen molar-refractivity contribution in [2.75, 3.05) is 13.7 Å². The maximum absolute atomic E-state index is 12.0. The lowest BCUT2D eigenvalue weighted by molar-refractivity contribution is -0.129. The highest BCUT2D eigenvalue weighted by Crippen LogP contribution is 2.26. The third kappa shape index (κ3) is 5.49. The summed E-state index contributed by atoms with van der Waals surface area (Å²) in [5, 5.41) is 2.56. The molecule has 0 aliphatic heterocycles. The van der Waals surface area contributed by atoms with Crippen molar-refractivity contribution in [2.45, 2.75) is 13.3 Å². The first-order chi connectivity index (χ1) is 12.1. The van der Waals surface area contributed by atoms with Crippen LogP contribution in [0.5, 0.6) is 11.5 Å². The van der Waals surface area contributed by atoms with E-state index in [0.717, 1.165) is 12.0 Å². The Morgan fingerprint density at radius 3 is 2.36 bits per heavy atom. The van der Waals surface area contributed by atoms with Gasteiger partial charge in [-0.3, -0.25) is 4.79 Å². The SMILES string of the molecule is CCCOc1ccccc1OC(=O)/C=C/c1ccc(C(=O)NC)cc1. The molecule has 25 heavy (non-hydrogen) atoms. The van der Waals surface area contributed by atoms with Crippen LogP contribution in [0.25, 0.3) is 6.08 Å². The lowest BCUT2D eigenvalue weighted by atomic mass is 10.1. The fraction of sp³-hybridized carbons (Fsp3) is 0.200. The van der Waals surface area contributed by atoms with Crippen molar-refractivity contribution in [3.8, 4) is 11.5 Å². The molecule has 0 aliphatic rings. The quantitative estimate of drug-likeness (QED) is 0.477. The topological polar surface area (TPSA) is 64.6 Å². The highest BCUT2D eigenvalue weighted by molar-refractivity contribution is 5.94. The molecule has 1 N–H and O–H groups in total. The molecule has 2 aromatic carbocycles. The molecule has 0 radical (unpaired) electrons. The van der Waals surface area contributed by atoms with Gasteiger partial charge in [-0.1, -0.05) is 31.2 Å². The molecule has 0 bridgehead atoms. The summed E-state index contributed by atoms with van der Waals surface area (Å²) in [5.41, 5.74) is 1.35. The number of para-hydroxylation sites is 2. The van der Waals surface area contributed by atoms with Crippen molar-refractivity contribution in [1.29, 1.82) is 0 Å². The van der Waals surface area contributed by atoms with Crippen LogP contribution in [0.1, 0.15) is 29.3 Å². The highest BCUT2D eigenvalue weighted by atomic mass is 16.6. The lowest BCUT2D eigenvalue weighted by Gasteiger charge is -2.09. The van der Waals surface area contributed by atoms with Crippen molar-refractivity contribution in [3.63, 3.8) is 0 Å². The molecule has 0 aromatic heterocycles. The number of carbonyl (C=O) groups excluding carboxylic acids is 2. The average molecular weight is 339 g/mol. The molecule has 130 valence electrons. The molecule has 5 heteroatoms. The number of hydrogen-bond acceptors (Lipinski definition) is 4. The molecule has 0 unspecified atom stereocenters. The molecule has 1 amide bonds. The minimum Gasteiger partial charge on any atom is -0.490 e. The van der Waals surface area contributed by atoms with Crippen LogP contribution in [0.3, 0.4) is 0 Å². The van der Waals surface area contributed by atoms with E-state index in [2.05, 4.69) is 5.32 Å². The number of ether oxygens (including phenoxy) is 2. The zero-order valence-corrected chi connectivity index (χ0v) is 14.3. The first kappa shape index (κ1) is 18.3. The van der Waals surface area contributed by atoms with E-state index in [9.17, 15) is 9.59 Å². The summed E-state index contributed by atoms with van der Waals surface area (Å²) >= 11 is 0. The minimum absolute atomic E-state index is 0.154. The molecule has 0 heterocycles. The first-order valence-electron chi connectivity index (χ1n) is 8.08. The van der Waals surface area contributed by atoms with Gasteiger partial charge in [0, 0.05) is 18.7 Å². The summed E-state index contributed by atoms with van der Waals surface area (Å²) in [7, 11) is 1.58. The Balaban J connectivity index is 2.00. The molecule has 0 saturated heterocycles. The van der Waals surface area contributed by atoms with Crippen molar-refractivity contribution in [2.24, 2.45) is 0 Å². The van der Waals surface area contributed by atoms with Crippen LogP contribution >= 0.6 is 0 Å². The number of rotatable bonds is 7. The molecule has 2 aromatic rings. The van der Waals surface area contributed by atoms with Gasteiger partial charge in [0.2, 0.25) is 0 Å². The van der Waals surface area contributed by atoms with Crippen LogP contribution < -0.4 is 14.8 Å². The van der Waals surface area contributed by atoms with E-state index < -0.39 is 5.97 Å². The van der Waals surface area contributed by atoms with Gasteiger partial charge in [0.15, 0.2) is 11.5 Å². The third-order valence-corrected chi connectivity index (χ3v) is 3.33. The van der Waals surface area contributed by atoms with Crippen molar-refractivity contribution >= 4 is 18.0 Å². The zero-order valence-electron chi connectivity index (χ0n) is 14.3. The number of amides is 1. The van der Waals surface area contributed by atoms with E-state index in [1.54, 1.807) is 55.6 Å². The smallest absolute Gasteiger partial charge is 0.336 e. The Kier molecular flexibility index (Phi) is 6.77. The Labute approximate surface area is 147 Å². The van der Waals surface area contributed by atoms with Gasteiger partial charge in [-0.15, -0.1) is 0 Å². The number of hydrogen-bond donors (Lipinski definition) is 1. The number of benzene rings is 2. The molecule has 0 atom stereocenters. The Hall–Kier alpha value is -3.08. The van der Waals surface area contributed by atoms with E-state index in [0.29, 0.717) is 23.7 Å². The number of esters is 1.